The van der Waals surface area contributed by atoms with Crippen LogP contribution in [0.4, 0.5) is 5.82 Å². The van der Waals surface area contributed by atoms with Crippen LogP contribution in [-0.4, -0.2) is 44.6 Å². The molecule has 0 radical (unpaired) electrons. The van der Waals surface area contributed by atoms with Crippen molar-refractivity contribution in [2.45, 2.75) is 51.7 Å². The molecule has 0 aromatic carbocycles. The summed E-state index contributed by atoms with van der Waals surface area (Å²) in [6, 6.07) is 4.57. The number of carbonyl (C=O) groups is 1. The molecular weight excluding hydrogens is 394 g/mol. The van der Waals surface area contributed by atoms with Gasteiger partial charge in [-0.1, -0.05) is 6.42 Å². The largest absolute Gasteiger partial charge is 0.365 e. The Labute approximate surface area is 180 Å². The summed E-state index contributed by atoms with van der Waals surface area (Å²) in [5.41, 5.74) is 2.08. The van der Waals surface area contributed by atoms with Crippen LogP contribution in [0, 0.1) is 6.92 Å². The normalized spacial score (nSPS) is 13.8. The molecule has 3 aromatic rings. The summed E-state index contributed by atoms with van der Waals surface area (Å²) in [4.78, 5) is 36.8. The third kappa shape index (κ3) is 5.29. The number of nitrogens with zero attached hydrogens (tertiary/aromatic N) is 3. The lowest BCUT2D eigenvalue weighted by molar-refractivity contribution is -0.121. The van der Waals surface area contributed by atoms with Crippen LogP contribution in [0.15, 0.2) is 35.5 Å². The molecule has 9 heteroatoms. The van der Waals surface area contributed by atoms with Crippen molar-refractivity contribution in [2.24, 2.45) is 0 Å². The topological polar surface area (TPSA) is 117 Å². The molecule has 3 heterocycles. The number of aromatic nitrogens is 4. The zero-order valence-corrected chi connectivity index (χ0v) is 17.8. The Kier molecular flexibility index (Phi) is 6.61. The Morgan fingerprint density at radius 1 is 1.26 bits per heavy atom. The van der Waals surface area contributed by atoms with E-state index >= 15 is 0 Å². The van der Waals surface area contributed by atoms with Gasteiger partial charge in [-0.05, 0) is 50.4 Å². The Balaban J connectivity index is 1.29. The number of carbonyl (C=O) groups excluding carboxylic acids is 1. The Hall–Kier alpha value is -3.20. The van der Waals surface area contributed by atoms with E-state index in [2.05, 4.69) is 30.9 Å². The SMILES string of the molecule is Cc1cnc(NCCCNC2CCC2)c(=O)n1CC(=O)NCc1cnc2[nH]ccc2c1. The van der Waals surface area contributed by atoms with Crippen LogP contribution in [0.1, 0.15) is 36.9 Å². The zero-order valence-electron chi connectivity index (χ0n) is 17.8. The number of pyridine rings is 1. The van der Waals surface area contributed by atoms with Gasteiger partial charge >= 0.3 is 0 Å². The van der Waals surface area contributed by atoms with Gasteiger partial charge in [0.25, 0.3) is 5.56 Å². The summed E-state index contributed by atoms with van der Waals surface area (Å²) in [5.74, 6) is 0.0466. The van der Waals surface area contributed by atoms with Gasteiger partial charge < -0.3 is 20.9 Å². The van der Waals surface area contributed by atoms with Crippen LogP contribution in [-0.2, 0) is 17.9 Å². The molecule has 9 nitrogen and oxygen atoms in total. The molecule has 4 N–H and O–H groups in total. The van der Waals surface area contributed by atoms with Crippen molar-refractivity contribution >= 4 is 22.8 Å². The van der Waals surface area contributed by atoms with Crippen molar-refractivity contribution in [1.29, 1.82) is 0 Å². The second kappa shape index (κ2) is 9.74. The predicted octanol–water partition coefficient (Wildman–Crippen LogP) is 1.69. The number of hydrogen-bond acceptors (Lipinski definition) is 6. The standard InChI is InChI=1S/C22H29N7O2/c1-15-11-27-21(24-8-3-7-23-18-4-2-5-18)22(31)29(15)14-19(30)26-12-16-10-17-6-9-25-20(17)28-13-16/h6,9-11,13,18,23H,2-5,7-8,12,14H2,1H3,(H,24,27)(H,25,28)(H,26,30). The molecule has 31 heavy (non-hydrogen) atoms. The highest BCUT2D eigenvalue weighted by atomic mass is 16.2. The molecule has 1 saturated carbocycles. The first-order valence-electron chi connectivity index (χ1n) is 10.8. The van der Waals surface area contributed by atoms with Gasteiger partial charge in [0.15, 0.2) is 5.82 Å². The third-order valence-corrected chi connectivity index (χ3v) is 5.69. The molecule has 1 fully saturated rings. The van der Waals surface area contributed by atoms with E-state index in [1.165, 1.54) is 23.8 Å². The van der Waals surface area contributed by atoms with Gasteiger partial charge in [-0.3, -0.25) is 14.2 Å². The number of fused-ring (bicyclic) bond motifs is 1. The minimum atomic E-state index is -0.280. The minimum absolute atomic E-state index is 0.0507. The van der Waals surface area contributed by atoms with E-state index in [1.807, 2.05) is 18.3 Å². The fraction of sp³-hybridized carbons (Fsp3) is 0.455. The number of aromatic amines is 1. The average Bonchev–Trinajstić information content (AvgIpc) is 3.20. The molecule has 1 amide bonds. The van der Waals surface area contributed by atoms with Gasteiger partial charge in [0.2, 0.25) is 5.91 Å². The van der Waals surface area contributed by atoms with E-state index in [4.69, 9.17) is 0 Å². The van der Waals surface area contributed by atoms with Crippen LogP contribution in [0.3, 0.4) is 0 Å². The summed E-state index contributed by atoms with van der Waals surface area (Å²) in [6.07, 6.45) is 9.92. The highest BCUT2D eigenvalue weighted by Gasteiger charge is 2.16. The van der Waals surface area contributed by atoms with Crippen molar-refractivity contribution < 1.29 is 4.79 Å². The van der Waals surface area contributed by atoms with Crippen molar-refractivity contribution in [3.05, 3.63) is 52.3 Å². The molecule has 3 aromatic heterocycles. The lowest BCUT2D eigenvalue weighted by Gasteiger charge is -2.26. The van der Waals surface area contributed by atoms with Crippen LogP contribution in [0.5, 0.6) is 0 Å². The molecule has 0 spiro atoms. The van der Waals surface area contributed by atoms with Gasteiger partial charge in [0.1, 0.15) is 12.2 Å². The van der Waals surface area contributed by atoms with Crippen molar-refractivity contribution in [2.75, 3.05) is 18.4 Å². The third-order valence-electron chi connectivity index (χ3n) is 5.69. The average molecular weight is 424 g/mol. The second-order valence-corrected chi connectivity index (χ2v) is 8.04. The first-order valence-corrected chi connectivity index (χ1v) is 10.8. The summed E-state index contributed by atoms with van der Waals surface area (Å²) in [6.45, 7) is 3.66. The fourth-order valence-electron chi connectivity index (χ4n) is 3.58. The summed E-state index contributed by atoms with van der Waals surface area (Å²) >= 11 is 0. The summed E-state index contributed by atoms with van der Waals surface area (Å²) in [7, 11) is 0. The zero-order chi connectivity index (χ0) is 21.6. The van der Waals surface area contributed by atoms with E-state index < -0.39 is 0 Å². The van der Waals surface area contributed by atoms with E-state index in [0.29, 0.717) is 24.8 Å². The van der Waals surface area contributed by atoms with Crippen LogP contribution in [0.25, 0.3) is 11.0 Å². The number of anilines is 1. The van der Waals surface area contributed by atoms with Gasteiger partial charge in [-0.15, -0.1) is 0 Å². The van der Waals surface area contributed by atoms with E-state index in [0.717, 1.165) is 29.6 Å². The maximum absolute atomic E-state index is 12.8. The maximum Gasteiger partial charge on any atom is 0.293 e. The molecule has 0 aliphatic heterocycles. The molecule has 0 atom stereocenters. The lowest BCUT2D eigenvalue weighted by Crippen LogP contribution is -2.36. The second-order valence-electron chi connectivity index (χ2n) is 8.04. The molecule has 0 bridgehead atoms. The van der Waals surface area contributed by atoms with Crippen LogP contribution >= 0.6 is 0 Å². The molecule has 1 aliphatic carbocycles. The predicted molar refractivity (Wildman–Crippen MR) is 120 cm³/mol. The molecule has 0 saturated heterocycles. The summed E-state index contributed by atoms with van der Waals surface area (Å²) < 4.78 is 1.45. The van der Waals surface area contributed by atoms with Crippen molar-refractivity contribution in [1.82, 2.24) is 30.2 Å². The minimum Gasteiger partial charge on any atom is -0.365 e. The van der Waals surface area contributed by atoms with Gasteiger partial charge in [0, 0.05) is 48.8 Å². The Bertz CT molecular complexity index is 1100. The Morgan fingerprint density at radius 3 is 2.94 bits per heavy atom. The lowest BCUT2D eigenvalue weighted by atomic mass is 9.93. The molecule has 1 aliphatic rings. The molecule has 164 valence electrons. The number of amides is 1. The highest BCUT2D eigenvalue weighted by Crippen LogP contribution is 2.17. The number of nitrogens with one attached hydrogen (secondary N) is 4. The molecular formula is C22H29N7O2. The fourth-order valence-corrected chi connectivity index (χ4v) is 3.58. The highest BCUT2D eigenvalue weighted by molar-refractivity contribution is 5.77. The van der Waals surface area contributed by atoms with Gasteiger partial charge in [-0.25, -0.2) is 9.97 Å². The summed E-state index contributed by atoms with van der Waals surface area (Å²) in [5, 5.41) is 10.5. The van der Waals surface area contributed by atoms with Crippen LogP contribution < -0.4 is 21.5 Å². The van der Waals surface area contributed by atoms with E-state index in [-0.39, 0.29) is 23.8 Å². The maximum atomic E-state index is 12.8. The number of hydrogen-bond donors (Lipinski definition) is 4. The van der Waals surface area contributed by atoms with Gasteiger partial charge in [0.05, 0.1) is 0 Å². The number of H-pyrrole nitrogens is 1. The first-order chi connectivity index (χ1) is 15.1. The monoisotopic (exact) mass is 423 g/mol. The Morgan fingerprint density at radius 2 is 2.13 bits per heavy atom. The molecule has 4 rings (SSSR count). The quantitative estimate of drug-likeness (QED) is 0.369. The van der Waals surface area contributed by atoms with Crippen molar-refractivity contribution in [3.8, 4) is 0 Å². The van der Waals surface area contributed by atoms with E-state index in [1.54, 1.807) is 19.3 Å². The smallest absolute Gasteiger partial charge is 0.293 e. The van der Waals surface area contributed by atoms with Gasteiger partial charge in [-0.2, -0.15) is 0 Å². The number of aryl methyl sites for hydroxylation is 1. The first kappa shape index (κ1) is 21.0. The molecule has 0 unspecified atom stereocenters. The number of rotatable bonds is 10. The van der Waals surface area contributed by atoms with Crippen molar-refractivity contribution in [3.63, 3.8) is 0 Å². The van der Waals surface area contributed by atoms with Crippen LogP contribution in [0.2, 0.25) is 0 Å². The van der Waals surface area contributed by atoms with E-state index in [9.17, 15) is 9.59 Å².